The molecule has 0 fully saturated rings. The summed E-state index contributed by atoms with van der Waals surface area (Å²) in [7, 11) is 0. The molecule has 0 saturated carbocycles. The molecule has 0 aromatic heterocycles. The molecule has 0 saturated heterocycles. The number of aromatic hydroxyl groups is 1. The van der Waals surface area contributed by atoms with Crippen LogP contribution in [0.25, 0.3) is 0 Å². The van der Waals surface area contributed by atoms with Crippen LogP contribution in [-0.2, 0) is 6.61 Å². The Bertz CT molecular complexity index is 622. The molecule has 0 aliphatic carbocycles. The van der Waals surface area contributed by atoms with Crippen molar-refractivity contribution in [2.45, 2.75) is 6.61 Å². The summed E-state index contributed by atoms with van der Waals surface area (Å²) in [6.07, 6.45) is 1.49. The highest BCUT2D eigenvalue weighted by atomic mass is 19.1. The van der Waals surface area contributed by atoms with Crippen molar-refractivity contribution in [1.82, 2.24) is 0 Å². The summed E-state index contributed by atoms with van der Waals surface area (Å²) in [6, 6.07) is 10.3. The smallest absolute Gasteiger partial charge is 0.292 e. The standard InChI is InChI=1S/C14H10FNO3/c15-14-4-2-1-3-10(14)8-18-12-5-11(17)6-13(7-12)19-9-16/h1-7,17H,8H2. The van der Waals surface area contributed by atoms with Crippen molar-refractivity contribution in [2.24, 2.45) is 0 Å². The number of phenolic OH excluding ortho intramolecular Hbond substituents is 1. The van der Waals surface area contributed by atoms with Crippen LogP contribution in [0, 0.1) is 17.3 Å². The number of nitriles is 1. The zero-order chi connectivity index (χ0) is 13.7. The molecule has 0 aliphatic rings. The van der Waals surface area contributed by atoms with E-state index in [0.29, 0.717) is 5.56 Å². The van der Waals surface area contributed by atoms with E-state index in [-0.39, 0.29) is 29.7 Å². The van der Waals surface area contributed by atoms with Gasteiger partial charge in [-0.2, -0.15) is 0 Å². The maximum atomic E-state index is 13.4. The number of halogens is 1. The van der Waals surface area contributed by atoms with Gasteiger partial charge in [-0.25, -0.2) is 4.39 Å². The average molecular weight is 259 g/mol. The summed E-state index contributed by atoms with van der Waals surface area (Å²) in [5.74, 6) is -0.0213. The lowest BCUT2D eigenvalue weighted by Crippen LogP contribution is -1.98. The van der Waals surface area contributed by atoms with Gasteiger partial charge in [-0.05, 0) is 6.07 Å². The van der Waals surface area contributed by atoms with Crippen LogP contribution in [0.15, 0.2) is 42.5 Å². The van der Waals surface area contributed by atoms with Crippen LogP contribution in [0.2, 0.25) is 0 Å². The SMILES string of the molecule is N#COc1cc(O)cc(OCc2ccccc2F)c1. The van der Waals surface area contributed by atoms with E-state index in [0.717, 1.165) is 0 Å². The van der Waals surface area contributed by atoms with Gasteiger partial charge in [-0.3, -0.25) is 0 Å². The fourth-order valence-electron chi connectivity index (χ4n) is 1.53. The first-order chi connectivity index (χ1) is 9.19. The average Bonchev–Trinajstić information content (AvgIpc) is 2.37. The number of hydrogen-bond acceptors (Lipinski definition) is 4. The molecule has 2 aromatic rings. The zero-order valence-electron chi connectivity index (χ0n) is 9.84. The van der Waals surface area contributed by atoms with Gasteiger partial charge in [0.05, 0.1) is 0 Å². The molecule has 1 N–H and O–H groups in total. The van der Waals surface area contributed by atoms with Crippen molar-refractivity contribution in [3.8, 4) is 23.5 Å². The predicted octanol–water partition coefficient (Wildman–Crippen LogP) is 2.97. The van der Waals surface area contributed by atoms with Gasteiger partial charge in [-0.1, -0.05) is 18.2 Å². The largest absolute Gasteiger partial charge is 0.508 e. The molecule has 0 spiro atoms. The number of ether oxygens (including phenoxy) is 2. The molecule has 2 aromatic carbocycles. The molecule has 5 heteroatoms. The van der Waals surface area contributed by atoms with Crippen LogP contribution in [0.3, 0.4) is 0 Å². The van der Waals surface area contributed by atoms with Crippen molar-refractivity contribution < 1.29 is 19.0 Å². The molecule has 0 heterocycles. The minimum atomic E-state index is -0.365. The summed E-state index contributed by atoms with van der Waals surface area (Å²) in [6.45, 7) is 0.0160. The number of rotatable bonds is 4. The summed E-state index contributed by atoms with van der Waals surface area (Å²) in [4.78, 5) is 0. The lowest BCUT2D eigenvalue weighted by molar-refractivity contribution is 0.296. The van der Waals surface area contributed by atoms with Gasteiger partial charge in [0.15, 0.2) is 0 Å². The lowest BCUT2D eigenvalue weighted by Gasteiger charge is -2.08. The second-order valence-corrected chi connectivity index (χ2v) is 3.74. The van der Waals surface area contributed by atoms with Crippen LogP contribution < -0.4 is 9.47 Å². The quantitative estimate of drug-likeness (QED) is 0.857. The van der Waals surface area contributed by atoms with E-state index < -0.39 is 0 Å². The van der Waals surface area contributed by atoms with Crippen molar-refractivity contribution >= 4 is 0 Å². The second-order valence-electron chi connectivity index (χ2n) is 3.74. The van der Waals surface area contributed by atoms with Gasteiger partial charge in [0, 0.05) is 23.8 Å². The van der Waals surface area contributed by atoms with E-state index in [4.69, 9.17) is 10.00 Å². The van der Waals surface area contributed by atoms with Crippen molar-refractivity contribution in [3.63, 3.8) is 0 Å². The van der Waals surface area contributed by atoms with Crippen molar-refractivity contribution in [2.75, 3.05) is 0 Å². The van der Waals surface area contributed by atoms with E-state index in [1.165, 1.54) is 30.5 Å². The molecule has 4 nitrogen and oxygen atoms in total. The number of nitrogens with zero attached hydrogens (tertiary/aromatic N) is 1. The molecule has 0 radical (unpaired) electrons. The van der Waals surface area contributed by atoms with E-state index in [1.807, 2.05) is 0 Å². The number of phenols is 1. The minimum Gasteiger partial charge on any atom is -0.508 e. The Hall–Kier alpha value is -2.74. The lowest BCUT2D eigenvalue weighted by atomic mass is 10.2. The van der Waals surface area contributed by atoms with Crippen LogP contribution in [-0.4, -0.2) is 5.11 Å². The van der Waals surface area contributed by atoms with Gasteiger partial charge in [0.1, 0.15) is 29.7 Å². The summed E-state index contributed by atoms with van der Waals surface area (Å²) >= 11 is 0. The monoisotopic (exact) mass is 259 g/mol. The minimum absolute atomic E-state index is 0.0160. The Labute approximate surface area is 109 Å². The Morgan fingerprint density at radius 3 is 2.63 bits per heavy atom. The Morgan fingerprint density at radius 2 is 1.89 bits per heavy atom. The second kappa shape index (κ2) is 5.74. The number of benzene rings is 2. The molecular formula is C14H10FNO3. The molecule has 0 atom stereocenters. The molecule has 0 aliphatic heterocycles. The van der Waals surface area contributed by atoms with Crippen LogP contribution in [0.4, 0.5) is 4.39 Å². The molecule has 0 amide bonds. The van der Waals surface area contributed by atoms with Crippen molar-refractivity contribution in [1.29, 1.82) is 5.26 Å². The zero-order valence-corrected chi connectivity index (χ0v) is 9.84. The van der Waals surface area contributed by atoms with Gasteiger partial charge in [-0.15, -0.1) is 5.26 Å². The van der Waals surface area contributed by atoms with E-state index in [1.54, 1.807) is 18.2 Å². The third kappa shape index (κ3) is 3.36. The van der Waals surface area contributed by atoms with E-state index in [9.17, 15) is 9.50 Å². The fraction of sp³-hybridized carbons (Fsp3) is 0.0714. The van der Waals surface area contributed by atoms with Crippen LogP contribution in [0.1, 0.15) is 5.56 Å². The topological polar surface area (TPSA) is 62.5 Å². The van der Waals surface area contributed by atoms with Crippen molar-refractivity contribution in [3.05, 3.63) is 53.8 Å². The fourth-order valence-corrected chi connectivity index (χ4v) is 1.53. The van der Waals surface area contributed by atoms with Gasteiger partial charge in [0.2, 0.25) is 0 Å². The maximum absolute atomic E-state index is 13.4. The van der Waals surface area contributed by atoms with Crippen LogP contribution in [0.5, 0.6) is 17.2 Å². The number of hydrogen-bond donors (Lipinski definition) is 1. The molecule has 96 valence electrons. The first-order valence-corrected chi connectivity index (χ1v) is 5.45. The Kier molecular flexibility index (Phi) is 3.84. The molecule has 0 unspecified atom stereocenters. The Morgan fingerprint density at radius 1 is 1.16 bits per heavy atom. The highest BCUT2D eigenvalue weighted by Crippen LogP contribution is 2.27. The first kappa shape index (κ1) is 12.7. The summed E-state index contributed by atoms with van der Waals surface area (Å²) in [5, 5.41) is 17.8. The van der Waals surface area contributed by atoms with Gasteiger partial charge >= 0.3 is 0 Å². The van der Waals surface area contributed by atoms with Gasteiger partial charge in [0.25, 0.3) is 6.26 Å². The molecule has 19 heavy (non-hydrogen) atoms. The summed E-state index contributed by atoms with van der Waals surface area (Å²) < 4.78 is 23.3. The first-order valence-electron chi connectivity index (χ1n) is 5.45. The van der Waals surface area contributed by atoms with E-state index in [2.05, 4.69) is 4.74 Å². The third-order valence-electron chi connectivity index (χ3n) is 2.38. The highest BCUT2D eigenvalue weighted by Gasteiger charge is 2.05. The maximum Gasteiger partial charge on any atom is 0.292 e. The van der Waals surface area contributed by atoms with Gasteiger partial charge < -0.3 is 14.6 Å². The third-order valence-corrected chi connectivity index (χ3v) is 2.38. The summed E-state index contributed by atoms with van der Waals surface area (Å²) in [5.41, 5.74) is 0.397. The predicted molar refractivity (Wildman–Crippen MR) is 65.1 cm³/mol. The molecular weight excluding hydrogens is 249 g/mol. The molecule has 0 bridgehead atoms. The van der Waals surface area contributed by atoms with Crippen LogP contribution >= 0.6 is 0 Å². The highest BCUT2D eigenvalue weighted by molar-refractivity contribution is 5.41. The Balaban J connectivity index is 2.12. The van der Waals surface area contributed by atoms with E-state index >= 15 is 0 Å². The normalized spacial score (nSPS) is 9.68. The molecule has 2 rings (SSSR count).